The molecule has 4 heteroatoms. The summed E-state index contributed by atoms with van der Waals surface area (Å²) >= 11 is 0. The molecule has 0 aliphatic carbocycles. The molecule has 0 amide bonds. The summed E-state index contributed by atoms with van der Waals surface area (Å²) in [5, 5.41) is 3.41. The number of nitrogen functional groups attached to an aromatic ring is 1. The van der Waals surface area contributed by atoms with Gasteiger partial charge in [0.25, 0.3) is 0 Å². The molecule has 0 radical (unpaired) electrons. The van der Waals surface area contributed by atoms with Gasteiger partial charge in [-0.1, -0.05) is 12.8 Å². The van der Waals surface area contributed by atoms with Gasteiger partial charge in [0.05, 0.1) is 23.4 Å². The lowest BCUT2D eigenvalue weighted by Gasteiger charge is -2.22. The van der Waals surface area contributed by atoms with Crippen LogP contribution in [0, 0.1) is 19.3 Å². The number of anilines is 2. The number of rotatable bonds is 9. The van der Waals surface area contributed by atoms with Crippen molar-refractivity contribution in [3.63, 3.8) is 0 Å². The average Bonchev–Trinajstić information content (AvgIpc) is 2.47. The van der Waals surface area contributed by atoms with Crippen LogP contribution in [0.15, 0.2) is 12.1 Å². The Hall–Kier alpha value is -1.71. The number of carbonyl (C=O) groups is 1. The highest BCUT2D eigenvalue weighted by Crippen LogP contribution is 2.26. The van der Waals surface area contributed by atoms with E-state index in [-0.39, 0.29) is 11.4 Å². The Morgan fingerprint density at radius 2 is 1.83 bits per heavy atom. The number of carbonyl (C=O) groups excluding carboxylic acids is 1. The summed E-state index contributed by atoms with van der Waals surface area (Å²) in [5.74, 6) is -0.0963. The first kappa shape index (κ1) is 19.3. The molecular formula is C19H32N2O2. The second-order valence-electron chi connectivity index (χ2n) is 6.87. The Bertz CT molecular complexity index is 524. The van der Waals surface area contributed by atoms with E-state index in [9.17, 15) is 4.79 Å². The smallest absolute Gasteiger partial charge is 0.311 e. The maximum atomic E-state index is 11.8. The molecule has 0 bridgehead atoms. The van der Waals surface area contributed by atoms with Crippen LogP contribution in [-0.2, 0) is 9.53 Å². The fraction of sp³-hybridized carbons (Fsp3) is 0.632. The molecule has 0 atom stereocenters. The Labute approximate surface area is 140 Å². The maximum Gasteiger partial charge on any atom is 0.311 e. The normalized spacial score (nSPS) is 11.3. The molecule has 1 aromatic rings. The molecule has 0 aliphatic heterocycles. The average molecular weight is 320 g/mol. The van der Waals surface area contributed by atoms with Gasteiger partial charge in [-0.2, -0.15) is 0 Å². The molecule has 0 spiro atoms. The highest BCUT2D eigenvalue weighted by molar-refractivity contribution is 5.75. The van der Waals surface area contributed by atoms with E-state index < -0.39 is 0 Å². The van der Waals surface area contributed by atoms with Gasteiger partial charge in [0.2, 0.25) is 0 Å². The van der Waals surface area contributed by atoms with E-state index in [1.807, 2.05) is 26.8 Å². The van der Waals surface area contributed by atoms with E-state index in [2.05, 4.69) is 25.2 Å². The van der Waals surface area contributed by atoms with Gasteiger partial charge in [-0.25, -0.2) is 0 Å². The van der Waals surface area contributed by atoms with Crippen molar-refractivity contribution < 1.29 is 9.53 Å². The van der Waals surface area contributed by atoms with Crippen molar-refractivity contribution >= 4 is 17.3 Å². The van der Waals surface area contributed by atoms with E-state index >= 15 is 0 Å². The maximum absolute atomic E-state index is 11.8. The van der Waals surface area contributed by atoms with Crippen molar-refractivity contribution in [2.75, 3.05) is 24.2 Å². The number of esters is 1. The number of ether oxygens (including phenoxy) is 1. The molecule has 4 nitrogen and oxygen atoms in total. The molecule has 130 valence electrons. The lowest BCUT2D eigenvalue weighted by molar-refractivity contribution is -0.153. The van der Waals surface area contributed by atoms with Crippen molar-refractivity contribution in [1.82, 2.24) is 0 Å². The predicted octanol–water partition coefficient (Wildman–Crippen LogP) is 4.45. The summed E-state index contributed by atoms with van der Waals surface area (Å²) in [4.78, 5) is 11.8. The molecule has 0 saturated heterocycles. The fourth-order valence-corrected chi connectivity index (χ4v) is 2.51. The minimum absolute atomic E-state index is 0.0963. The number of nitrogens with two attached hydrogens (primary N) is 1. The lowest BCUT2D eigenvalue weighted by Crippen LogP contribution is -2.26. The molecule has 0 heterocycles. The minimum atomic E-state index is -0.387. The van der Waals surface area contributed by atoms with Gasteiger partial charge in [0.15, 0.2) is 0 Å². The zero-order valence-electron chi connectivity index (χ0n) is 15.3. The molecule has 1 aromatic carbocycles. The summed E-state index contributed by atoms with van der Waals surface area (Å²) in [7, 11) is 0. The Morgan fingerprint density at radius 3 is 2.48 bits per heavy atom. The van der Waals surface area contributed by atoms with E-state index in [0.717, 1.165) is 43.6 Å². The lowest BCUT2D eigenvalue weighted by atomic mass is 9.87. The van der Waals surface area contributed by atoms with E-state index in [0.29, 0.717) is 6.61 Å². The number of hydrogen-bond donors (Lipinski definition) is 2. The molecule has 23 heavy (non-hydrogen) atoms. The first-order valence-electron chi connectivity index (χ1n) is 8.55. The number of hydrogen-bond acceptors (Lipinski definition) is 4. The van der Waals surface area contributed by atoms with Crippen molar-refractivity contribution in [1.29, 1.82) is 0 Å². The first-order valence-corrected chi connectivity index (χ1v) is 8.55. The summed E-state index contributed by atoms with van der Waals surface area (Å²) in [6.45, 7) is 11.3. The van der Waals surface area contributed by atoms with Crippen molar-refractivity contribution in [2.24, 2.45) is 5.41 Å². The monoisotopic (exact) mass is 320 g/mol. The number of unbranched alkanes of at least 4 members (excludes halogenated alkanes) is 2. The number of nitrogens with one attached hydrogen (secondary N) is 1. The van der Waals surface area contributed by atoms with Gasteiger partial charge < -0.3 is 15.8 Å². The van der Waals surface area contributed by atoms with E-state index in [4.69, 9.17) is 10.5 Å². The van der Waals surface area contributed by atoms with Crippen molar-refractivity contribution in [3.05, 3.63) is 23.3 Å². The van der Waals surface area contributed by atoms with Crippen LogP contribution in [-0.4, -0.2) is 19.1 Å². The summed E-state index contributed by atoms with van der Waals surface area (Å²) in [6.07, 6.45) is 4.03. The SMILES string of the molecule is CCOC(=O)C(C)(C)CCCCCNc1cc(C)c(C)cc1N. The van der Waals surface area contributed by atoms with Crippen LogP contribution >= 0.6 is 0 Å². The summed E-state index contributed by atoms with van der Waals surface area (Å²) in [6, 6.07) is 4.12. The molecule has 0 aliphatic rings. The van der Waals surface area contributed by atoms with Crippen LogP contribution in [0.2, 0.25) is 0 Å². The zero-order chi connectivity index (χ0) is 17.5. The Morgan fingerprint density at radius 1 is 1.17 bits per heavy atom. The van der Waals surface area contributed by atoms with Crippen LogP contribution < -0.4 is 11.1 Å². The molecule has 0 fully saturated rings. The molecule has 1 rings (SSSR count). The molecule has 0 aromatic heterocycles. The van der Waals surface area contributed by atoms with Crippen LogP contribution in [0.5, 0.6) is 0 Å². The standard InChI is InChI=1S/C19H32N2O2/c1-6-23-18(22)19(4,5)10-8-7-9-11-21-17-13-15(3)14(2)12-16(17)20/h12-13,21H,6-11,20H2,1-5H3. The van der Waals surface area contributed by atoms with Crippen LogP contribution in [0.1, 0.15) is 57.6 Å². The summed E-state index contributed by atoms with van der Waals surface area (Å²) < 4.78 is 5.11. The highest BCUT2D eigenvalue weighted by Gasteiger charge is 2.28. The highest BCUT2D eigenvalue weighted by atomic mass is 16.5. The zero-order valence-corrected chi connectivity index (χ0v) is 15.3. The van der Waals surface area contributed by atoms with Gasteiger partial charge in [0.1, 0.15) is 0 Å². The molecule has 3 N–H and O–H groups in total. The van der Waals surface area contributed by atoms with Crippen LogP contribution in [0.25, 0.3) is 0 Å². The third-order valence-corrected chi connectivity index (χ3v) is 4.29. The Balaban J connectivity index is 2.28. The third kappa shape index (κ3) is 6.12. The number of benzene rings is 1. The largest absolute Gasteiger partial charge is 0.466 e. The molecule has 0 unspecified atom stereocenters. The molecule has 0 saturated carbocycles. The number of aryl methyl sites for hydroxylation is 2. The van der Waals surface area contributed by atoms with Crippen LogP contribution in [0.4, 0.5) is 11.4 Å². The van der Waals surface area contributed by atoms with Gasteiger partial charge in [0, 0.05) is 6.54 Å². The fourth-order valence-electron chi connectivity index (χ4n) is 2.51. The second kappa shape index (κ2) is 8.80. The van der Waals surface area contributed by atoms with Crippen molar-refractivity contribution in [2.45, 2.75) is 60.3 Å². The Kier molecular flexibility index (Phi) is 7.40. The third-order valence-electron chi connectivity index (χ3n) is 4.29. The van der Waals surface area contributed by atoms with Gasteiger partial charge >= 0.3 is 5.97 Å². The topological polar surface area (TPSA) is 64.3 Å². The first-order chi connectivity index (χ1) is 10.8. The minimum Gasteiger partial charge on any atom is -0.466 e. The predicted molar refractivity (Wildman–Crippen MR) is 97.7 cm³/mol. The van der Waals surface area contributed by atoms with Crippen molar-refractivity contribution in [3.8, 4) is 0 Å². The van der Waals surface area contributed by atoms with Gasteiger partial charge in [-0.3, -0.25) is 4.79 Å². The summed E-state index contributed by atoms with van der Waals surface area (Å²) in [5.41, 5.74) is 9.93. The van der Waals surface area contributed by atoms with Crippen LogP contribution in [0.3, 0.4) is 0 Å². The second-order valence-corrected chi connectivity index (χ2v) is 6.87. The molecular weight excluding hydrogens is 288 g/mol. The van der Waals surface area contributed by atoms with Gasteiger partial charge in [-0.15, -0.1) is 0 Å². The van der Waals surface area contributed by atoms with Gasteiger partial charge in [-0.05, 0) is 70.7 Å². The quantitative estimate of drug-likeness (QED) is 0.401. The van der Waals surface area contributed by atoms with E-state index in [1.54, 1.807) is 0 Å². The van der Waals surface area contributed by atoms with E-state index in [1.165, 1.54) is 11.1 Å².